The second-order valence-electron chi connectivity index (χ2n) is 6.82. The predicted octanol–water partition coefficient (Wildman–Crippen LogP) is 0.776. The molecule has 0 spiro atoms. The molecule has 3 atom stereocenters. The highest BCUT2D eigenvalue weighted by Gasteiger charge is 2.47. The van der Waals surface area contributed by atoms with Crippen molar-refractivity contribution in [3.8, 4) is 0 Å². The monoisotopic (exact) mass is 419 g/mol. The zero-order valence-corrected chi connectivity index (χ0v) is 16.3. The number of hydrogen-bond donors (Lipinski definition) is 4. The van der Waals surface area contributed by atoms with Crippen molar-refractivity contribution in [2.45, 2.75) is 24.2 Å². The molecule has 1 aliphatic rings. The molecule has 154 valence electrons. The molecule has 9 heteroatoms. The summed E-state index contributed by atoms with van der Waals surface area (Å²) in [6, 6.07) is 11.8. The molecule has 0 aliphatic carbocycles. The highest BCUT2D eigenvalue weighted by Crippen LogP contribution is 2.27. The Balaban J connectivity index is 1.48. The largest absolute Gasteiger partial charge is 0.387 e. The molecule has 0 saturated carbocycles. The van der Waals surface area contributed by atoms with Crippen molar-refractivity contribution in [2.75, 3.05) is 19.7 Å². The maximum atomic E-state index is 12.2. The molecule has 3 rings (SSSR count). The second kappa shape index (κ2) is 9.32. The number of nitrogens with one attached hydrogen (secondary N) is 2. The molecule has 29 heavy (non-hydrogen) atoms. The quantitative estimate of drug-likeness (QED) is 0.492. The summed E-state index contributed by atoms with van der Waals surface area (Å²) >= 11 is 5.89. The molecule has 0 unspecified atom stereocenters. The third-order valence-electron chi connectivity index (χ3n) is 4.80. The van der Waals surface area contributed by atoms with Crippen molar-refractivity contribution < 1.29 is 24.5 Å². The van der Waals surface area contributed by atoms with Crippen LogP contribution >= 0.6 is 11.6 Å². The van der Waals surface area contributed by atoms with Gasteiger partial charge in [-0.15, -0.1) is 0 Å². The number of benzene rings is 1. The van der Waals surface area contributed by atoms with Gasteiger partial charge in [-0.2, -0.15) is 0 Å². The third kappa shape index (κ3) is 5.10. The highest BCUT2D eigenvalue weighted by atomic mass is 35.5. The van der Waals surface area contributed by atoms with Crippen LogP contribution in [0, 0.1) is 0 Å². The van der Waals surface area contributed by atoms with Gasteiger partial charge in [0.1, 0.15) is 23.0 Å². The van der Waals surface area contributed by atoms with Crippen molar-refractivity contribution in [1.82, 2.24) is 15.6 Å². The van der Waals surface area contributed by atoms with Crippen molar-refractivity contribution in [3.05, 3.63) is 64.9 Å². The van der Waals surface area contributed by atoms with Gasteiger partial charge in [0.25, 0.3) is 11.8 Å². The third-order valence-corrected chi connectivity index (χ3v) is 5.10. The van der Waals surface area contributed by atoms with Gasteiger partial charge in [-0.1, -0.05) is 29.8 Å². The van der Waals surface area contributed by atoms with Gasteiger partial charge in [-0.05, 0) is 30.7 Å². The normalized spacial score (nSPS) is 23.6. The first kappa shape index (κ1) is 21.2. The van der Waals surface area contributed by atoms with Gasteiger partial charge in [0, 0.05) is 24.8 Å². The van der Waals surface area contributed by atoms with Crippen molar-refractivity contribution in [2.24, 2.45) is 0 Å². The number of carbonyl (C=O) groups is 2. The Hall–Kier alpha value is -2.52. The van der Waals surface area contributed by atoms with Crippen molar-refractivity contribution in [3.63, 3.8) is 0 Å². The summed E-state index contributed by atoms with van der Waals surface area (Å²) in [6.45, 7) is 0.0441. The van der Waals surface area contributed by atoms with Crippen LogP contribution in [0.25, 0.3) is 0 Å². The van der Waals surface area contributed by atoms with Crippen molar-refractivity contribution in [1.29, 1.82) is 0 Å². The number of rotatable bonds is 7. The zero-order chi connectivity index (χ0) is 20.9. The van der Waals surface area contributed by atoms with Crippen LogP contribution < -0.4 is 10.6 Å². The molecule has 2 aromatic rings. The van der Waals surface area contributed by atoms with E-state index in [2.05, 4.69) is 15.6 Å². The van der Waals surface area contributed by atoms with E-state index in [1.807, 2.05) is 6.07 Å². The number of pyridine rings is 1. The molecule has 1 saturated heterocycles. The van der Waals surface area contributed by atoms with E-state index in [-0.39, 0.29) is 42.7 Å². The average molecular weight is 420 g/mol. The molecule has 1 aromatic heterocycles. The number of amides is 2. The molecule has 4 N–H and O–H groups in total. The fourth-order valence-electron chi connectivity index (χ4n) is 3.09. The Labute approximate surface area is 172 Å². The Kier molecular flexibility index (Phi) is 6.81. The molecule has 1 aromatic carbocycles. The Morgan fingerprint density at radius 2 is 1.93 bits per heavy atom. The summed E-state index contributed by atoms with van der Waals surface area (Å²) < 4.78 is 5.46. The fourth-order valence-corrected chi connectivity index (χ4v) is 3.30. The number of carbonyl (C=O) groups excluding carboxylic acids is 2. The molecule has 0 bridgehead atoms. The van der Waals surface area contributed by atoms with Crippen LogP contribution in [-0.2, 0) is 4.74 Å². The van der Waals surface area contributed by atoms with Crippen LogP contribution in [-0.4, -0.2) is 64.5 Å². The van der Waals surface area contributed by atoms with Crippen LogP contribution in [0.4, 0.5) is 0 Å². The average Bonchev–Trinajstić information content (AvgIpc) is 3.01. The zero-order valence-electron chi connectivity index (χ0n) is 15.5. The molecule has 2 amide bonds. The van der Waals surface area contributed by atoms with Gasteiger partial charge in [0.05, 0.1) is 12.2 Å². The van der Waals surface area contributed by atoms with Gasteiger partial charge in [0.2, 0.25) is 0 Å². The van der Waals surface area contributed by atoms with E-state index in [1.54, 1.807) is 30.3 Å². The molecule has 1 aliphatic heterocycles. The van der Waals surface area contributed by atoms with Gasteiger partial charge in [-0.3, -0.25) is 9.59 Å². The summed E-state index contributed by atoms with van der Waals surface area (Å²) in [5, 5.41) is 26.5. The van der Waals surface area contributed by atoms with E-state index in [9.17, 15) is 19.8 Å². The maximum Gasteiger partial charge on any atom is 0.254 e. The lowest BCUT2D eigenvalue weighted by Crippen LogP contribution is -2.48. The number of aromatic nitrogens is 1. The van der Waals surface area contributed by atoms with Crippen LogP contribution in [0.2, 0.25) is 5.15 Å². The smallest absolute Gasteiger partial charge is 0.254 e. The Bertz CT molecular complexity index is 866. The molecular formula is C20H22ClN3O5. The lowest BCUT2D eigenvalue weighted by Gasteiger charge is -2.26. The maximum absolute atomic E-state index is 12.2. The first-order valence-electron chi connectivity index (χ1n) is 9.15. The van der Waals surface area contributed by atoms with E-state index in [0.717, 1.165) is 0 Å². The van der Waals surface area contributed by atoms with Crippen molar-refractivity contribution >= 4 is 23.4 Å². The SMILES string of the molecule is O=C(NCC[C@]1(O)CO[C@H](CNC(=O)c2cccnc2Cl)[C@H]1O)c1ccccc1. The minimum absolute atomic E-state index is 0.0100. The van der Waals surface area contributed by atoms with E-state index in [1.165, 1.54) is 12.3 Å². The van der Waals surface area contributed by atoms with Crippen LogP contribution in [0.15, 0.2) is 48.7 Å². The second-order valence-corrected chi connectivity index (χ2v) is 7.18. The summed E-state index contributed by atoms with van der Waals surface area (Å²) in [7, 11) is 0. The summed E-state index contributed by atoms with van der Waals surface area (Å²) in [5.41, 5.74) is -0.802. The minimum Gasteiger partial charge on any atom is -0.387 e. The molecular weight excluding hydrogens is 398 g/mol. The highest BCUT2D eigenvalue weighted by molar-refractivity contribution is 6.32. The molecule has 0 radical (unpaired) electrons. The Morgan fingerprint density at radius 1 is 1.17 bits per heavy atom. The summed E-state index contributed by atoms with van der Waals surface area (Å²) in [4.78, 5) is 28.1. The molecule has 8 nitrogen and oxygen atoms in total. The van der Waals surface area contributed by atoms with Gasteiger partial charge < -0.3 is 25.6 Å². The number of hydrogen-bond acceptors (Lipinski definition) is 6. The van der Waals surface area contributed by atoms with E-state index >= 15 is 0 Å². The number of halogens is 1. The first-order chi connectivity index (χ1) is 13.9. The topological polar surface area (TPSA) is 121 Å². The number of ether oxygens (including phenoxy) is 1. The van der Waals surface area contributed by atoms with E-state index < -0.39 is 23.7 Å². The fraction of sp³-hybridized carbons (Fsp3) is 0.350. The minimum atomic E-state index is -1.52. The van der Waals surface area contributed by atoms with Crippen LogP contribution in [0.1, 0.15) is 27.1 Å². The number of aliphatic hydroxyl groups is 2. The standard InChI is InChI=1S/C20H22ClN3O5/c21-17-14(7-4-9-22-17)19(27)24-11-15-16(25)20(28,12-29-15)8-10-23-18(26)13-5-2-1-3-6-13/h1-7,9,15-16,25,28H,8,10-12H2,(H,23,26)(H,24,27)/t15-,16-,20+/m1/s1. The number of aliphatic hydroxyl groups excluding tert-OH is 1. The van der Waals surface area contributed by atoms with E-state index in [0.29, 0.717) is 5.56 Å². The summed E-state index contributed by atoms with van der Waals surface area (Å²) in [5.74, 6) is -0.718. The van der Waals surface area contributed by atoms with Crippen LogP contribution in [0.5, 0.6) is 0 Å². The number of nitrogens with zero attached hydrogens (tertiary/aromatic N) is 1. The molecule has 1 fully saturated rings. The predicted molar refractivity (Wildman–Crippen MR) is 106 cm³/mol. The van der Waals surface area contributed by atoms with Crippen LogP contribution in [0.3, 0.4) is 0 Å². The summed E-state index contributed by atoms with van der Waals surface area (Å²) in [6.07, 6.45) is -0.435. The molecule has 2 heterocycles. The first-order valence-corrected chi connectivity index (χ1v) is 9.52. The van der Waals surface area contributed by atoms with E-state index in [4.69, 9.17) is 16.3 Å². The van der Waals surface area contributed by atoms with Gasteiger partial charge in [0.15, 0.2) is 0 Å². The lowest BCUT2D eigenvalue weighted by atomic mass is 9.92. The Morgan fingerprint density at radius 3 is 2.66 bits per heavy atom. The van der Waals surface area contributed by atoms with Gasteiger partial charge >= 0.3 is 0 Å². The van der Waals surface area contributed by atoms with Gasteiger partial charge in [-0.25, -0.2) is 4.98 Å². The lowest BCUT2D eigenvalue weighted by molar-refractivity contribution is -0.0538.